The van der Waals surface area contributed by atoms with Gasteiger partial charge in [-0.15, -0.1) is 0 Å². The van der Waals surface area contributed by atoms with Crippen molar-refractivity contribution in [3.63, 3.8) is 0 Å². The molecule has 0 aliphatic carbocycles. The minimum atomic E-state index is -3.43. The van der Waals surface area contributed by atoms with Crippen LogP contribution in [0.5, 0.6) is 0 Å². The summed E-state index contributed by atoms with van der Waals surface area (Å²) in [5, 5.41) is 0. The van der Waals surface area contributed by atoms with Crippen molar-refractivity contribution in [2.75, 3.05) is 39.8 Å². The molecule has 1 heterocycles. The molecule has 1 fully saturated rings. The standard InChI is InChI=1S/C16H25N3O3S/c1-14(2)17(3)16(20)13-18-9-11-19(12-10-18)23(21,22)15-7-5-4-6-8-15/h4-8,14H,9-13H2,1-3H3. The average Bonchev–Trinajstić information content (AvgIpc) is 2.55. The van der Waals surface area contributed by atoms with Gasteiger partial charge in [-0.3, -0.25) is 9.69 Å². The number of amides is 1. The summed E-state index contributed by atoms with van der Waals surface area (Å²) in [6, 6.07) is 8.65. The zero-order valence-electron chi connectivity index (χ0n) is 14.0. The van der Waals surface area contributed by atoms with Crippen LogP contribution in [0, 0.1) is 0 Å². The SMILES string of the molecule is CC(C)N(C)C(=O)CN1CCN(S(=O)(=O)c2ccccc2)CC1. The van der Waals surface area contributed by atoms with Crippen LogP contribution in [-0.2, 0) is 14.8 Å². The van der Waals surface area contributed by atoms with Crippen LogP contribution in [0.1, 0.15) is 13.8 Å². The summed E-state index contributed by atoms with van der Waals surface area (Å²) >= 11 is 0. The molecular formula is C16H25N3O3S. The fraction of sp³-hybridized carbons (Fsp3) is 0.562. The van der Waals surface area contributed by atoms with Crippen molar-refractivity contribution in [2.45, 2.75) is 24.8 Å². The molecule has 0 unspecified atom stereocenters. The molecule has 0 saturated carbocycles. The van der Waals surface area contributed by atoms with Gasteiger partial charge in [0.25, 0.3) is 0 Å². The van der Waals surface area contributed by atoms with Gasteiger partial charge in [0.2, 0.25) is 15.9 Å². The molecule has 0 radical (unpaired) electrons. The van der Waals surface area contributed by atoms with Crippen LogP contribution < -0.4 is 0 Å². The van der Waals surface area contributed by atoms with Crippen LogP contribution in [-0.4, -0.2) is 74.2 Å². The molecule has 0 aromatic heterocycles. The van der Waals surface area contributed by atoms with Gasteiger partial charge in [-0.1, -0.05) is 18.2 Å². The van der Waals surface area contributed by atoms with Crippen molar-refractivity contribution >= 4 is 15.9 Å². The number of carbonyl (C=O) groups excluding carboxylic acids is 1. The fourth-order valence-electron chi connectivity index (χ4n) is 2.46. The first-order valence-corrected chi connectivity index (χ1v) is 9.29. The summed E-state index contributed by atoms with van der Waals surface area (Å²) in [5.74, 6) is 0.0689. The third-order valence-electron chi connectivity index (χ3n) is 4.24. The number of likely N-dealkylation sites (N-methyl/N-ethyl adjacent to an activating group) is 1. The average molecular weight is 339 g/mol. The molecule has 1 aliphatic rings. The third-order valence-corrected chi connectivity index (χ3v) is 6.15. The molecule has 23 heavy (non-hydrogen) atoms. The Hall–Kier alpha value is -1.44. The highest BCUT2D eigenvalue weighted by Crippen LogP contribution is 2.17. The number of rotatable bonds is 5. The van der Waals surface area contributed by atoms with E-state index < -0.39 is 10.0 Å². The summed E-state index contributed by atoms with van der Waals surface area (Å²) in [6.07, 6.45) is 0. The lowest BCUT2D eigenvalue weighted by Crippen LogP contribution is -2.51. The molecule has 1 aromatic rings. The van der Waals surface area contributed by atoms with Crippen molar-refractivity contribution < 1.29 is 13.2 Å². The number of piperazine rings is 1. The molecular weight excluding hydrogens is 314 g/mol. The third kappa shape index (κ3) is 4.31. The Morgan fingerprint density at radius 1 is 1.13 bits per heavy atom. The number of sulfonamides is 1. The van der Waals surface area contributed by atoms with E-state index in [0.29, 0.717) is 37.6 Å². The van der Waals surface area contributed by atoms with Crippen molar-refractivity contribution in [2.24, 2.45) is 0 Å². The van der Waals surface area contributed by atoms with Gasteiger partial charge in [0.15, 0.2) is 0 Å². The molecule has 0 bridgehead atoms. The molecule has 0 N–H and O–H groups in total. The Balaban J connectivity index is 1.93. The van der Waals surface area contributed by atoms with Crippen LogP contribution in [0.4, 0.5) is 0 Å². The van der Waals surface area contributed by atoms with Gasteiger partial charge in [-0.25, -0.2) is 8.42 Å². The first-order valence-electron chi connectivity index (χ1n) is 7.85. The van der Waals surface area contributed by atoms with Crippen molar-refractivity contribution in [3.8, 4) is 0 Å². The minimum Gasteiger partial charge on any atom is -0.342 e. The molecule has 0 spiro atoms. The lowest BCUT2D eigenvalue weighted by atomic mass is 10.3. The van der Waals surface area contributed by atoms with Gasteiger partial charge in [-0.2, -0.15) is 4.31 Å². The van der Waals surface area contributed by atoms with Crippen LogP contribution in [0.15, 0.2) is 35.2 Å². The highest BCUT2D eigenvalue weighted by atomic mass is 32.2. The monoisotopic (exact) mass is 339 g/mol. The summed E-state index contributed by atoms with van der Waals surface area (Å²) in [4.78, 5) is 16.2. The van der Waals surface area contributed by atoms with Crippen molar-refractivity contribution in [1.82, 2.24) is 14.1 Å². The molecule has 2 rings (SSSR count). The van der Waals surface area contributed by atoms with Crippen LogP contribution in [0.25, 0.3) is 0 Å². The molecule has 1 aliphatic heterocycles. The maximum absolute atomic E-state index is 12.5. The number of carbonyl (C=O) groups is 1. The lowest BCUT2D eigenvalue weighted by molar-refractivity contribution is -0.132. The Morgan fingerprint density at radius 3 is 2.22 bits per heavy atom. The zero-order valence-corrected chi connectivity index (χ0v) is 14.8. The molecule has 128 valence electrons. The highest BCUT2D eigenvalue weighted by Gasteiger charge is 2.29. The Labute approximate surface area is 138 Å². The molecule has 6 nitrogen and oxygen atoms in total. The van der Waals surface area contributed by atoms with E-state index in [1.807, 2.05) is 18.7 Å². The van der Waals surface area contributed by atoms with Gasteiger partial charge >= 0.3 is 0 Å². The molecule has 0 atom stereocenters. The van der Waals surface area contributed by atoms with Gasteiger partial charge in [0.05, 0.1) is 11.4 Å². The lowest BCUT2D eigenvalue weighted by Gasteiger charge is -2.34. The Morgan fingerprint density at radius 2 is 1.70 bits per heavy atom. The van der Waals surface area contributed by atoms with Gasteiger partial charge < -0.3 is 4.90 Å². The highest BCUT2D eigenvalue weighted by molar-refractivity contribution is 7.89. The predicted octanol–water partition coefficient (Wildman–Crippen LogP) is 0.860. The summed E-state index contributed by atoms with van der Waals surface area (Å²) < 4.78 is 26.6. The van der Waals surface area contributed by atoms with E-state index in [-0.39, 0.29) is 11.9 Å². The van der Waals surface area contributed by atoms with E-state index in [2.05, 4.69) is 0 Å². The summed E-state index contributed by atoms with van der Waals surface area (Å²) in [5.41, 5.74) is 0. The quantitative estimate of drug-likeness (QED) is 0.798. The van der Waals surface area contributed by atoms with Crippen LogP contribution in [0.3, 0.4) is 0 Å². The number of nitrogens with zero attached hydrogens (tertiary/aromatic N) is 3. The largest absolute Gasteiger partial charge is 0.342 e. The van der Waals surface area contributed by atoms with E-state index in [4.69, 9.17) is 0 Å². The predicted molar refractivity (Wildman–Crippen MR) is 89.5 cm³/mol. The van der Waals surface area contributed by atoms with Gasteiger partial charge in [0, 0.05) is 39.3 Å². The number of benzene rings is 1. The molecule has 1 amide bonds. The Kier molecular flexibility index (Phi) is 5.78. The zero-order chi connectivity index (χ0) is 17.0. The second-order valence-corrected chi connectivity index (χ2v) is 8.03. The first kappa shape index (κ1) is 17.9. The second-order valence-electron chi connectivity index (χ2n) is 6.09. The van der Waals surface area contributed by atoms with Crippen LogP contribution in [0.2, 0.25) is 0 Å². The van der Waals surface area contributed by atoms with Crippen LogP contribution >= 0.6 is 0 Å². The maximum atomic E-state index is 12.5. The molecule has 1 saturated heterocycles. The van der Waals surface area contributed by atoms with E-state index in [0.717, 1.165) is 0 Å². The van der Waals surface area contributed by atoms with E-state index in [9.17, 15) is 13.2 Å². The Bertz CT molecular complexity index is 623. The summed E-state index contributed by atoms with van der Waals surface area (Å²) in [7, 11) is -1.64. The number of hydrogen-bond acceptors (Lipinski definition) is 4. The molecule has 7 heteroatoms. The van der Waals surface area contributed by atoms with Gasteiger partial charge in [-0.05, 0) is 26.0 Å². The van der Waals surface area contributed by atoms with E-state index >= 15 is 0 Å². The fourth-order valence-corrected chi connectivity index (χ4v) is 3.90. The number of hydrogen-bond donors (Lipinski definition) is 0. The first-order chi connectivity index (χ1) is 10.8. The minimum absolute atomic E-state index is 0.0689. The van der Waals surface area contributed by atoms with Crippen molar-refractivity contribution in [1.29, 1.82) is 0 Å². The smallest absolute Gasteiger partial charge is 0.243 e. The van der Waals surface area contributed by atoms with Gasteiger partial charge in [0.1, 0.15) is 0 Å². The summed E-state index contributed by atoms with van der Waals surface area (Å²) in [6.45, 7) is 6.26. The normalized spacial score (nSPS) is 17.4. The molecule has 1 aromatic carbocycles. The maximum Gasteiger partial charge on any atom is 0.243 e. The second kappa shape index (κ2) is 7.42. The van der Waals surface area contributed by atoms with Crippen molar-refractivity contribution in [3.05, 3.63) is 30.3 Å². The van der Waals surface area contributed by atoms with E-state index in [1.54, 1.807) is 42.3 Å². The topological polar surface area (TPSA) is 60.9 Å². The van der Waals surface area contributed by atoms with E-state index in [1.165, 1.54) is 4.31 Å².